The number of benzene rings is 1. The first-order chi connectivity index (χ1) is 10.2. The van der Waals surface area contributed by atoms with Gasteiger partial charge in [-0.2, -0.15) is 0 Å². The minimum atomic E-state index is -0.208. The highest BCUT2D eigenvalue weighted by Crippen LogP contribution is 2.48. The Morgan fingerprint density at radius 3 is 2.90 bits per heavy atom. The number of hydrogen-bond donors (Lipinski definition) is 0. The Hall–Kier alpha value is -2.03. The van der Waals surface area contributed by atoms with Crippen LogP contribution in [0.5, 0.6) is 0 Å². The first-order valence-electron chi connectivity index (χ1n) is 7.63. The van der Waals surface area contributed by atoms with E-state index in [1.807, 2.05) is 18.2 Å². The molecule has 4 rings (SSSR count). The molecule has 0 saturated heterocycles. The third kappa shape index (κ3) is 1.63. The standard InChI is InChI=1S/C18H19NO2/c1-11-10-12-6-5-8-13(12)17-16(18(20)21-2)14-7-3-4-9-15(14)19(11)17/h3-4,7,9-10,12-13H,5-6,8H2,1-2H3/t12-,13-/m1/s1. The van der Waals surface area contributed by atoms with Crippen molar-refractivity contribution in [3.8, 4) is 0 Å². The number of hydrogen-bond acceptors (Lipinski definition) is 2. The predicted octanol–water partition coefficient (Wildman–Crippen LogP) is 4.19. The van der Waals surface area contributed by atoms with E-state index in [1.165, 1.54) is 31.3 Å². The van der Waals surface area contributed by atoms with Gasteiger partial charge in [0, 0.05) is 22.7 Å². The predicted molar refractivity (Wildman–Crippen MR) is 83.3 cm³/mol. The third-order valence-corrected chi connectivity index (χ3v) is 5.03. The molecule has 21 heavy (non-hydrogen) atoms. The van der Waals surface area contributed by atoms with Gasteiger partial charge in [0.2, 0.25) is 0 Å². The number of carbonyl (C=O) groups excluding carboxylic acids is 1. The highest BCUT2D eigenvalue weighted by Gasteiger charge is 2.38. The zero-order chi connectivity index (χ0) is 14.6. The van der Waals surface area contributed by atoms with Crippen molar-refractivity contribution in [2.24, 2.45) is 5.92 Å². The molecular formula is C18H19NO2. The van der Waals surface area contributed by atoms with Crippen LogP contribution in [-0.4, -0.2) is 17.6 Å². The van der Waals surface area contributed by atoms with Gasteiger partial charge in [0.1, 0.15) is 0 Å². The van der Waals surface area contributed by atoms with E-state index in [2.05, 4.69) is 23.6 Å². The zero-order valence-electron chi connectivity index (χ0n) is 12.4. The van der Waals surface area contributed by atoms with Crippen LogP contribution < -0.4 is 0 Å². The summed E-state index contributed by atoms with van der Waals surface area (Å²) in [6.07, 6.45) is 6.01. The molecule has 3 heteroatoms. The molecule has 1 saturated carbocycles. The molecule has 108 valence electrons. The van der Waals surface area contributed by atoms with Gasteiger partial charge in [-0.3, -0.25) is 0 Å². The highest BCUT2D eigenvalue weighted by atomic mass is 16.5. The number of nitrogens with zero attached hydrogens (tertiary/aromatic N) is 1. The first-order valence-corrected chi connectivity index (χ1v) is 7.63. The number of fused-ring (bicyclic) bond motifs is 5. The number of methoxy groups -OCH3 is 1. The minimum absolute atomic E-state index is 0.208. The molecule has 1 fully saturated rings. The Morgan fingerprint density at radius 2 is 2.10 bits per heavy atom. The van der Waals surface area contributed by atoms with Crippen molar-refractivity contribution in [1.29, 1.82) is 0 Å². The fraction of sp³-hybridized carbons (Fsp3) is 0.389. The molecule has 1 aliphatic carbocycles. The Kier molecular flexibility index (Phi) is 2.71. The second kappa shape index (κ2) is 4.48. The summed E-state index contributed by atoms with van der Waals surface area (Å²) in [5.41, 5.74) is 4.30. The summed E-state index contributed by atoms with van der Waals surface area (Å²) in [6.45, 7) is 2.14. The van der Waals surface area contributed by atoms with Gasteiger partial charge in [0.25, 0.3) is 0 Å². The largest absolute Gasteiger partial charge is 0.465 e. The zero-order valence-corrected chi connectivity index (χ0v) is 12.4. The minimum Gasteiger partial charge on any atom is -0.465 e. The van der Waals surface area contributed by atoms with Crippen LogP contribution in [0, 0.1) is 5.92 Å². The number of rotatable bonds is 1. The number of esters is 1. The summed E-state index contributed by atoms with van der Waals surface area (Å²) in [4.78, 5) is 12.4. The lowest BCUT2D eigenvalue weighted by atomic mass is 9.87. The number of carbonyl (C=O) groups is 1. The van der Waals surface area contributed by atoms with Crippen LogP contribution in [0.15, 0.2) is 30.3 Å². The summed E-state index contributed by atoms with van der Waals surface area (Å²) >= 11 is 0. The quantitative estimate of drug-likeness (QED) is 0.734. The normalized spacial score (nSPS) is 23.6. The van der Waals surface area contributed by atoms with Gasteiger partial charge in [-0.05, 0) is 31.7 Å². The molecule has 1 aromatic heterocycles. The maximum absolute atomic E-state index is 12.4. The van der Waals surface area contributed by atoms with E-state index in [0.29, 0.717) is 11.8 Å². The van der Waals surface area contributed by atoms with E-state index in [4.69, 9.17) is 4.74 Å². The molecule has 0 amide bonds. The SMILES string of the molecule is COC(=O)c1c2n(c3ccccc13)C(C)=C[C@H]1CCC[C@@H]21. The van der Waals surface area contributed by atoms with Gasteiger partial charge < -0.3 is 9.30 Å². The van der Waals surface area contributed by atoms with Crippen molar-refractivity contribution in [3.63, 3.8) is 0 Å². The number of ether oxygens (including phenoxy) is 1. The highest BCUT2D eigenvalue weighted by molar-refractivity contribution is 6.07. The van der Waals surface area contributed by atoms with Crippen LogP contribution >= 0.6 is 0 Å². The Balaban J connectivity index is 2.11. The third-order valence-electron chi connectivity index (χ3n) is 5.03. The van der Waals surface area contributed by atoms with Gasteiger partial charge in [-0.1, -0.05) is 30.7 Å². The first kappa shape index (κ1) is 12.7. The lowest BCUT2D eigenvalue weighted by Gasteiger charge is -2.27. The fourth-order valence-corrected chi connectivity index (χ4v) is 4.22. The molecular weight excluding hydrogens is 262 g/mol. The van der Waals surface area contributed by atoms with Crippen LogP contribution in [0.1, 0.15) is 48.2 Å². The van der Waals surface area contributed by atoms with Crippen molar-refractivity contribution < 1.29 is 9.53 Å². The molecule has 0 bridgehead atoms. The van der Waals surface area contributed by atoms with E-state index in [0.717, 1.165) is 22.9 Å². The summed E-state index contributed by atoms with van der Waals surface area (Å²) in [5.74, 6) is 0.820. The van der Waals surface area contributed by atoms with E-state index >= 15 is 0 Å². The second-order valence-electron chi connectivity index (χ2n) is 6.11. The molecule has 2 atom stereocenters. The van der Waals surface area contributed by atoms with Crippen LogP contribution in [0.4, 0.5) is 0 Å². The Bertz CT molecular complexity index is 769. The van der Waals surface area contributed by atoms with Gasteiger partial charge in [0.05, 0.1) is 18.2 Å². The molecule has 0 unspecified atom stereocenters. The van der Waals surface area contributed by atoms with E-state index < -0.39 is 0 Å². The van der Waals surface area contributed by atoms with Gasteiger partial charge >= 0.3 is 5.97 Å². The lowest BCUT2D eigenvalue weighted by Crippen LogP contribution is -2.19. The summed E-state index contributed by atoms with van der Waals surface area (Å²) in [5, 5.41) is 1.01. The Morgan fingerprint density at radius 1 is 1.29 bits per heavy atom. The maximum atomic E-state index is 12.4. The summed E-state index contributed by atoms with van der Waals surface area (Å²) in [6, 6.07) is 8.15. The molecule has 0 spiro atoms. The van der Waals surface area contributed by atoms with Crippen LogP contribution in [-0.2, 0) is 4.74 Å². The van der Waals surface area contributed by atoms with Gasteiger partial charge in [-0.15, -0.1) is 0 Å². The van der Waals surface area contributed by atoms with E-state index in [1.54, 1.807) is 0 Å². The van der Waals surface area contributed by atoms with Crippen molar-refractivity contribution in [2.45, 2.75) is 32.1 Å². The van der Waals surface area contributed by atoms with Crippen molar-refractivity contribution in [1.82, 2.24) is 4.57 Å². The molecule has 2 heterocycles. The molecule has 3 nitrogen and oxygen atoms in total. The number of aromatic nitrogens is 1. The molecule has 2 aromatic rings. The average molecular weight is 281 g/mol. The molecule has 0 radical (unpaired) electrons. The maximum Gasteiger partial charge on any atom is 0.340 e. The molecule has 1 aromatic carbocycles. The van der Waals surface area contributed by atoms with Crippen LogP contribution in [0.2, 0.25) is 0 Å². The number of allylic oxidation sites excluding steroid dienone is 2. The smallest absolute Gasteiger partial charge is 0.340 e. The fourth-order valence-electron chi connectivity index (χ4n) is 4.22. The summed E-state index contributed by atoms with van der Waals surface area (Å²) in [7, 11) is 1.47. The van der Waals surface area contributed by atoms with Crippen LogP contribution in [0.25, 0.3) is 16.6 Å². The van der Waals surface area contributed by atoms with Crippen LogP contribution in [0.3, 0.4) is 0 Å². The van der Waals surface area contributed by atoms with Crippen molar-refractivity contribution in [3.05, 3.63) is 41.6 Å². The molecule has 0 N–H and O–H groups in total. The van der Waals surface area contributed by atoms with Gasteiger partial charge in [-0.25, -0.2) is 4.79 Å². The average Bonchev–Trinajstić information content (AvgIpc) is 3.08. The van der Waals surface area contributed by atoms with E-state index in [-0.39, 0.29) is 5.97 Å². The molecule has 1 aliphatic heterocycles. The Labute approximate surface area is 124 Å². The van der Waals surface area contributed by atoms with E-state index in [9.17, 15) is 4.79 Å². The van der Waals surface area contributed by atoms with Gasteiger partial charge in [0.15, 0.2) is 0 Å². The number of para-hydroxylation sites is 1. The molecule has 2 aliphatic rings. The van der Waals surface area contributed by atoms with Crippen molar-refractivity contribution in [2.75, 3.05) is 7.11 Å². The summed E-state index contributed by atoms with van der Waals surface area (Å²) < 4.78 is 7.35. The lowest BCUT2D eigenvalue weighted by molar-refractivity contribution is 0.0600. The topological polar surface area (TPSA) is 31.2 Å². The van der Waals surface area contributed by atoms with Crippen molar-refractivity contribution >= 4 is 22.6 Å². The monoisotopic (exact) mass is 281 g/mol. The second-order valence-corrected chi connectivity index (χ2v) is 6.11.